The highest BCUT2D eigenvalue weighted by atomic mass is 35.5. The molecule has 0 aromatic heterocycles. The van der Waals surface area contributed by atoms with E-state index in [9.17, 15) is 13.2 Å². The Balaban J connectivity index is 1.62. The predicted octanol–water partition coefficient (Wildman–Crippen LogP) is 4.77. The second kappa shape index (κ2) is 9.31. The summed E-state index contributed by atoms with van der Waals surface area (Å²) >= 11 is 12.1. The van der Waals surface area contributed by atoms with Crippen LogP contribution in [0.3, 0.4) is 0 Å². The van der Waals surface area contributed by atoms with E-state index in [4.69, 9.17) is 23.2 Å². The summed E-state index contributed by atoms with van der Waals surface area (Å²) in [6, 6.07) is 19.8. The molecule has 0 bridgehead atoms. The average molecular weight is 449 g/mol. The molecule has 0 saturated heterocycles. The van der Waals surface area contributed by atoms with Gasteiger partial charge in [-0.2, -0.15) is 0 Å². The van der Waals surface area contributed by atoms with Crippen molar-refractivity contribution in [3.8, 4) is 0 Å². The van der Waals surface area contributed by atoms with Crippen LogP contribution in [0.4, 0.5) is 5.69 Å². The molecule has 0 spiro atoms. The van der Waals surface area contributed by atoms with Crippen molar-refractivity contribution in [1.29, 1.82) is 0 Å². The lowest BCUT2D eigenvalue weighted by Gasteiger charge is -2.11. The van der Waals surface area contributed by atoms with E-state index < -0.39 is 10.0 Å². The molecule has 29 heavy (non-hydrogen) atoms. The van der Waals surface area contributed by atoms with Crippen LogP contribution in [0.25, 0.3) is 0 Å². The van der Waals surface area contributed by atoms with Crippen LogP contribution < -0.4 is 10.0 Å². The fraction of sp³-hybridized carbons (Fsp3) is 0.0952. The number of rotatable bonds is 7. The summed E-state index contributed by atoms with van der Waals surface area (Å²) in [4.78, 5) is 12.5. The maximum absolute atomic E-state index is 12.4. The summed E-state index contributed by atoms with van der Waals surface area (Å²) in [5.41, 5.74) is 1.59. The van der Waals surface area contributed by atoms with Crippen LogP contribution in [0.1, 0.15) is 15.9 Å². The number of hydrogen-bond acceptors (Lipinski definition) is 3. The number of halogens is 2. The first-order valence-corrected chi connectivity index (χ1v) is 11.0. The molecule has 0 heterocycles. The number of sulfonamides is 1. The number of hydrogen-bond donors (Lipinski definition) is 2. The van der Waals surface area contributed by atoms with Gasteiger partial charge in [-0.25, -0.2) is 8.42 Å². The van der Waals surface area contributed by atoms with Crippen molar-refractivity contribution in [2.24, 2.45) is 0 Å². The van der Waals surface area contributed by atoms with Crippen molar-refractivity contribution in [1.82, 2.24) is 5.32 Å². The van der Waals surface area contributed by atoms with Crippen LogP contribution in [-0.2, 0) is 16.4 Å². The number of carbonyl (C=O) groups excluding carboxylic acids is 1. The third-order valence-corrected chi connectivity index (χ3v) is 6.09. The van der Waals surface area contributed by atoms with Crippen molar-refractivity contribution in [3.63, 3.8) is 0 Å². The normalized spacial score (nSPS) is 11.1. The zero-order valence-corrected chi connectivity index (χ0v) is 17.6. The van der Waals surface area contributed by atoms with Crippen molar-refractivity contribution in [2.75, 3.05) is 11.3 Å². The monoisotopic (exact) mass is 448 g/mol. The quantitative estimate of drug-likeness (QED) is 0.546. The Morgan fingerprint density at radius 1 is 0.897 bits per heavy atom. The van der Waals surface area contributed by atoms with Crippen molar-refractivity contribution < 1.29 is 13.2 Å². The summed E-state index contributed by atoms with van der Waals surface area (Å²) in [5, 5.41) is 3.62. The molecule has 3 aromatic carbocycles. The average Bonchev–Trinajstić information content (AvgIpc) is 2.70. The fourth-order valence-corrected chi connectivity index (χ4v) is 4.11. The Morgan fingerprint density at radius 2 is 1.59 bits per heavy atom. The van der Waals surface area contributed by atoms with Gasteiger partial charge < -0.3 is 5.32 Å². The van der Waals surface area contributed by atoms with E-state index >= 15 is 0 Å². The Labute approximate surface area is 179 Å². The van der Waals surface area contributed by atoms with Crippen LogP contribution in [0.15, 0.2) is 77.7 Å². The predicted molar refractivity (Wildman–Crippen MR) is 116 cm³/mol. The Hall–Kier alpha value is -2.54. The van der Waals surface area contributed by atoms with Gasteiger partial charge in [0.1, 0.15) is 0 Å². The van der Waals surface area contributed by atoms with E-state index in [1.165, 1.54) is 30.3 Å². The van der Waals surface area contributed by atoms with E-state index in [2.05, 4.69) is 10.0 Å². The summed E-state index contributed by atoms with van der Waals surface area (Å²) in [6.07, 6.45) is 0.648. The van der Waals surface area contributed by atoms with Crippen LogP contribution in [0, 0.1) is 0 Å². The summed E-state index contributed by atoms with van der Waals surface area (Å²) < 4.78 is 27.2. The number of carbonyl (C=O) groups is 1. The molecule has 3 aromatic rings. The molecule has 3 rings (SSSR count). The second-order valence-corrected chi connectivity index (χ2v) is 8.77. The molecule has 0 atom stereocenters. The van der Waals surface area contributed by atoms with Gasteiger partial charge in [-0.15, -0.1) is 0 Å². The molecule has 0 aliphatic carbocycles. The maximum Gasteiger partial charge on any atom is 0.261 e. The first-order chi connectivity index (χ1) is 13.8. The summed E-state index contributed by atoms with van der Waals surface area (Å²) in [7, 11) is -3.73. The smallest absolute Gasteiger partial charge is 0.261 e. The topological polar surface area (TPSA) is 75.3 Å². The van der Waals surface area contributed by atoms with Crippen molar-refractivity contribution in [2.45, 2.75) is 11.3 Å². The molecule has 8 heteroatoms. The van der Waals surface area contributed by atoms with Gasteiger partial charge in [0.2, 0.25) is 0 Å². The molecule has 0 aliphatic rings. The number of benzene rings is 3. The van der Waals surface area contributed by atoms with Gasteiger partial charge in [0.25, 0.3) is 15.9 Å². The van der Waals surface area contributed by atoms with Gasteiger partial charge in [-0.3, -0.25) is 9.52 Å². The SMILES string of the molecule is O=C(NCCc1ccc(Cl)cc1)c1ccc(NS(=O)(=O)c2ccccc2)cc1Cl. The number of amides is 1. The minimum atomic E-state index is -3.73. The molecule has 150 valence electrons. The summed E-state index contributed by atoms with van der Waals surface area (Å²) in [5.74, 6) is -0.332. The van der Waals surface area contributed by atoms with E-state index in [0.717, 1.165) is 5.56 Å². The molecule has 1 amide bonds. The largest absolute Gasteiger partial charge is 0.352 e. The lowest BCUT2D eigenvalue weighted by atomic mass is 10.1. The highest BCUT2D eigenvalue weighted by Crippen LogP contribution is 2.23. The van der Waals surface area contributed by atoms with Crippen LogP contribution in [-0.4, -0.2) is 20.9 Å². The molecule has 0 unspecified atom stereocenters. The van der Waals surface area contributed by atoms with Crippen LogP contribution in [0.2, 0.25) is 10.0 Å². The molecule has 2 N–H and O–H groups in total. The van der Waals surface area contributed by atoms with Gasteiger partial charge in [-0.1, -0.05) is 53.5 Å². The maximum atomic E-state index is 12.4. The molecule has 0 aliphatic heterocycles. The molecule has 5 nitrogen and oxygen atoms in total. The molecular weight excluding hydrogens is 431 g/mol. The number of nitrogens with one attached hydrogen (secondary N) is 2. The summed E-state index contributed by atoms with van der Waals surface area (Å²) in [6.45, 7) is 0.430. The van der Waals surface area contributed by atoms with Gasteiger partial charge in [0, 0.05) is 11.6 Å². The lowest BCUT2D eigenvalue weighted by molar-refractivity contribution is 0.0954. The first-order valence-electron chi connectivity index (χ1n) is 8.75. The molecule has 0 saturated carbocycles. The third-order valence-electron chi connectivity index (χ3n) is 4.13. The van der Waals surface area contributed by atoms with Gasteiger partial charge in [0.15, 0.2) is 0 Å². The molecular formula is C21H18Cl2N2O3S. The minimum absolute atomic E-state index is 0.139. The highest BCUT2D eigenvalue weighted by molar-refractivity contribution is 7.92. The zero-order valence-electron chi connectivity index (χ0n) is 15.2. The Kier molecular flexibility index (Phi) is 6.79. The standard InChI is InChI=1S/C21H18Cl2N2O3S/c22-16-8-6-15(7-9-16)12-13-24-21(26)19-11-10-17(14-20(19)23)25-29(27,28)18-4-2-1-3-5-18/h1-11,14,25H,12-13H2,(H,24,26). The minimum Gasteiger partial charge on any atom is -0.352 e. The van der Waals surface area contributed by atoms with Crippen molar-refractivity contribution in [3.05, 3.63) is 94.0 Å². The first kappa shape index (κ1) is 21.2. The number of anilines is 1. The highest BCUT2D eigenvalue weighted by Gasteiger charge is 2.16. The van der Waals surface area contributed by atoms with E-state index in [0.29, 0.717) is 18.0 Å². The van der Waals surface area contributed by atoms with Gasteiger partial charge >= 0.3 is 0 Å². The molecule has 0 fully saturated rings. The Morgan fingerprint density at radius 3 is 2.24 bits per heavy atom. The third kappa shape index (κ3) is 5.73. The van der Waals surface area contributed by atoms with Gasteiger partial charge in [-0.05, 0) is 54.4 Å². The lowest BCUT2D eigenvalue weighted by Crippen LogP contribution is -2.26. The van der Waals surface area contributed by atoms with E-state index in [1.807, 2.05) is 12.1 Å². The van der Waals surface area contributed by atoms with Gasteiger partial charge in [0.05, 0.1) is 21.2 Å². The second-order valence-electron chi connectivity index (χ2n) is 6.25. The molecule has 0 radical (unpaired) electrons. The van der Waals surface area contributed by atoms with Crippen LogP contribution >= 0.6 is 23.2 Å². The zero-order chi connectivity index (χ0) is 20.9. The van der Waals surface area contributed by atoms with Crippen LogP contribution in [0.5, 0.6) is 0 Å². The fourth-order valence-electron chi connectivity index (χ4n) is 2.64. The van der Waals surface area contributed by atoms with E-state index in [1.54, 1.807) is 30.3 Å². The van der Waals surface area contributed by atoms with E-state index in [-0.39, 0.29) is 27.1 Å². The van der Waals surface area contributed by atoms with Crippen molar-refractivity contribution >= 4 is 44.8 Å². The Bertz CT molecular complexity index is 1100.